The van der Waals surface area contributed by atoms with Gasteiger partial charge in [0.25, 0.3) is 0 Å². The van der Waals surface area contributed by atoms with Gasteiger partial charge in [-0.05, 0) is 55.6 Å². The standard InChI is InChI=1S/C14H17ClN2/c1-17-9-11(6-10-4-5-16-8-10)13-7-12(15)2-3-14(13)17/h2-3,7,9-10,16H,4-6,8H2,1H3. The summed E-state index contributed by atoms with van der Waals surface area (Å²) >= 11 is 6.09. The van der Waals surface area contributed by atoms with E-state index in [4.69, 9.17) is 11.6 Å². The Morgan fingerprint density at radius 1 is 1.47 bits per heavy atom. The van der Waals surface area contributed by atoms with Crippen LogP contribution < -0.4 is 5.32 Å². The predicted octanol–water partition coefficient (Wildman–Crippen LogP) is 2.98. The molecule has 2 aromatic rings. The van der Waals surface area contributed by atoms with Gasteiger partial charge in [0.1, 0.15) is 0 Å². The monoisotopic (exact) mass is 248 g/mol. The molecule has 0 aliphatic carbocycles. The summed E-state index contributed by atoms with van der Waals surface area (Å²) in [6.07, 6.45) is 4.70. The molecule has 17 heavy (non-hydrogen) atoms. The number of hydrogen-bond donors (Lipinski definition) is 1. The Hall–Kier alpha value is -0.990. The SMILES string of the molecule is Cn1cc(CC2CCNC2)c2cc(Cl)ccc21. The Bertz CT molecular complexity index is 538. The average Bonchev–Trinajstić information content (AvgIpc) is 2.89. The van der Waals surface area contributed by atoms with Gasteiger partial charge in [0, 0.05) is 29.2 Å². The van der Waals surface area contributed by atoms with Gasteiger partial charge in [-0.15, -0.1) is 0 Å². The largest absolute Gasteiger partial charge is 0.350 e. The molecule has 0 spiro atoms. The molecule has 3 rings (SSSR count). The molecule has 3 heteroatoms. The van der Waals surface area contributed by atoms with Gasteiger partial charge in [0.05, 0.1) is 0 Å². The molecule has 1 N–H and O–H groups in total. The van der Waals surface area contributed by atoms with E-state index in [0.717, 1.165) is 30.5 Å². The van der Waals surface area contributed by atoms with E-state index in [-0.39, 0.29) is 0 Å². The van der Waals surface area contributed by atoms with Gasteiger partial charge < -0.3 is 9.88 Å². The zero-order valence-electron chi connectivity index (χ0n) is 10.0. The molecule has 2 nitrogen and oxygen atoms in total. The van der Waals surface area contributed by atoms with E-state index in [1.165, 1.54) is 22.9 Å². The third-order valence-electron chi connectivity index (χ3n) is 3.70. The summed E-state index contributed by atoms with van der Waals surface area (Å²) in [5, 5.41) is 5.57. The molecule has 1 fully saturated rings. The van der Waals surface area contributed by atoms with Crippen LogP contribution in [-0.4, -0.2) is 17.7 Å². The number of aryl methyl sites for hydroxylation is 1. The fourth-order valence-electron chi connectivity index (χ4n) is 2.81. The predicted molar refractivity (Wildman–Crippen MR) is 72.6 cm³/mol. The molecule has 0 saturated carbocycles. The third-order valence-corrected chi connectivity index (χ3v) is 3.94. The fraction of sp³-hybridized carbons (Fsp3) is 0.429. The maximum Gasteiger partial charge on any atom is 0.0481 e. The van der Waals surface area contributed by atoms with Crippen LogP contribution in [0.25, 0.3) is 10.9 Å². The highest BCUT2D eigenvalue weighted by Crippen LogP contribution is 2.27. The summed E-state index contributed by atoms with van der Waals surface area (Å²) in [7, 11) is 2.10. The molecule has 0 bridgehead atoms. The lowest BCUT2D eigenvalue weighted by Gasteiger charge is -2.06. The van der Waals surface area contributed by atoms with Gasteiger partial charge >= 0.3 is 0 Å². The van der Waals surface area contributed by atoms with E-state index in [1.807, 2.05) is 6.07 Å². The van der Waals surface area contributed by atoms with Gasteiger partial charge in [0.2, 0.25) is 0 Å². The minimum atomic E-state index is 0.777. The first kappa shape index (κ1) is 11.1. The lowest BCUT2D eigenvalue weighted by Crippen LogP contribution is -2.10. The van der Waals surface area contributed by atoms with Crippen LogP contribution in [0, 0.1) is 5.92 Å². The first-order chi connectivity index (χ1) is 8.24. The van der Waals surface area contributed by atoms with Crippen LogP contribution in [0.3, 0.4) is 0 Å². The molecule has 1 saturated heterocycles. The molecular formula is C14H17ClN2. The zero-order chi connectivity index (χ0) is 11.8. The summed E-state index contributed by atoms with van der Waals surface area (Å²) in [6.45, 7) is 2.31. The molecule has 1 aliphatic heterocycles. The van der Waals surface area contributed by atoms with Crippen molar-refractivity contribution in [2.45, 2.75) is 12.8 Å². The molecule has 0 amide bonds. The van der Waals surface area contributed by atoms with Crippen molar-refractivity contribution in [1.82, 2.24) is 9.88 Å². The molecule has 1 aromatic heterocycles. The molecular weight excluding hydrogens is 232 g/mol. The Morgan fingerprint density at radius 3 is 3.12 bits per heavy atom. The average molecular weight is 249 g/mol. The molecule has 0 radical (unpaired) electrons. The summed E-state index contributed by atoms with van der Waals surface area (Å²) < 4.78 is 2.20. The van der Waals surface area contributed by atoms with Crippen LogP contribution in [0.15, 0.2) is 24.4 Å². The van der Waals surface area contributed by atoms with E-state index in [2.05, 4.69) is 35.3 Å². The molecule has 90 valence electrons. The minimum absolute atomic E-state index is 0.777. The lowest BCUT2D eigenvalue weighted by molar-refractivity contribution is 0.581. The quantitative estimate of drug-likeness (QED) is 0.865. The van der Waals surface area contributed by atoms with Gasteiger partial charge in [-0.3, -0.25) is 0 Å². The van der Waals surface area contributed by atoms with Crippen molar-refractivity contribution in [3.63, 3.8) is 0 Å². The second-order valence-corrected chi connectivity index (χ2v) is 5.43. The first-order valence-electron chi connectivity index (χ1n) is 6.18. The van der Waals surface area contributed by atoms with Gasteiger partial charge in [-0.2, -0.15) is 0 Å². The highest BCUT2D eigenvalue weighted by atomic mass is 35.5. The van der Waals surface area contributed by atoms with E-state index < -0.39 is 0 Å². The smallest absolute Gasteiger partial charge is 0.0481 e. The second-order valence-electron chi connectivity index (χ2n) is 4.99. The van der Waals surface area contributed by atoms with E-state index in [1.54, 1.807) is 0 Å². The number of rotatable bonds is 2. The molecule has 1 atom stereocenters. The highest BCUT2D eigenvalue weighted by Gasteiger charge is 2.17. The van der Waals surface area contributed by atoms with Crippen LogP contribution in [0.1, 0.15) is 12.0 Å². The Kier molecular flexibility index (Phi) is 2.85. The van der Waals surface area contributed by atoms with Crippen molar-refractivity contribution in [2.75, 3.05) is 13.1 Å². The van der Waals surface area contributed by atoms with Crippen molar-refractivity contribution >= 4 is 22.5 Å². The number of benzene rings is 1. The Labute approximate surface area is 107 Å². The van der Waals surface area contributed by atoms with Crippen LogP contribution in [0.2, 0.25) is 5.02 Å². The summed E-state index contributed by atoms with van der Waals surface area (Å²) in [5.41, 5.74) is 2.70. The maximum absolute atomic E-state index is 6.09. The first-order valence-corrected chi connectivity index (χ1v) is 6.56. The summed E-state index contributed by atoms with van der Waals surface area (Å²) in [5.74, 6) is 0.777. The topological polar surface area (TPSA) is 17.0 Å². The van der Waals surface area contributed by atoms with Crippen molar-refractivity contribution in [3.8, 4) is 0 Å². The van der Waals surface area contributed by atoms with Gasteiger partial charge in [-0.25, -0.2) is 0 Å². The van der Waals surface area contributed by atoms with Crippen LogP contribution in [-0.2, 0) is 13.5 Å². The number of halogens is 1. The number of nitrogens with zero attached hydrogens (tertiary/aromatic N) is 1. The van der Waals surface area contributed by atoms with Gasteiger partial charge in [-0.1, -0.05) is 11.6 Å². The number of nitrogens with one attached hydrogen (secondary N) is 1. The van der Waals surface area contributed by atoms with Crippen molar-refractivity contribution in [1.29, 1.82) is 0 Å². The lowest BCUT2D eigenvalue weighted by atomic mass is 9.98. The summed E-state index contributed by atoms with van der Waals surface area (Å²) in [4.78, 5) is 0. The number of fused-ring (bicyclic) bond motifs is 1. The fourth-order valence-corrected chi connectivity index (χ4v) is 2.98. The van der Waals surface area contributed by atoms with Crippen LogP contribution in [0.5, 0.6) is 0 Å². The maximum atomic E-state index is 6.09. The van der Waals surface area contributed by atoms with Crippen molar-refractivity contribution < 1.29 is 0 Å². The Balaban J connectivity index is 2.00. The van der Waals surface area contributed by atoms with Crippen LogP contribution in [0.4, 0.5) is 0 Å². The van der Waals surface area contributed by atoms with E-state index >= 15 is 0 Å². The van der Waals surface area contributed by atoms with Crippen LogP contribution >= 0.6 is 11.6 Å². The Morgan fingerprint density at radius 2 is 2.35 bits per heavy atom. The normalized spacial score (nSPS) is 20.2. The van der Waals surface area contributed by atoms with E-state index in [0.29, 0.717) is 0 Å². The number of hydrogen-bond acceptors (Lipinski definition) is 1. The molecule has 1 aliphatic rings. The summed E-state index contributed by atoms with van der Waals surface area (Å²) in [6, 6.07) is 6.16. The van der Waals surface area contributed by atoms with Gasteiger partial charge in [0.15, 0.2) is 0 Å². The minimum Gasteiger partial charge on any atom is -0.350 e. The van der Waals surface area contributed by atoms with E-state index in [9.17, 15) is 0 Å². The highest BCUT2D eigenvalue weighted by molar-refractivity contribution is 6.31. The zero-order valence-corrected chi connectivity index (χ0v) is 10.8. The molecule has 2 heterocycles. The second kappa shape index (κ2) is 4.35. The molecule has 1 aromatic carbocycles. The van der Waals surface area contributed by atoms with Crippen molar-refractivity contribution in [3.05, 3.63) is 35.0 Å². The third kappa shape index (κ3) is 2.07. The number of aromatic nitrogens is 1. The van der Waals surface area contributed by atoms with Crippen molar-refractivity contribution in [2.24, 2.45) is 13.0 Å². The molecule has 1 unspecified atom stereocenters.